The van der Waals surface area contributed by atoms with Crippen molar-refractivity contribution in [1.82, 2.24) is 5.32 Å². The lowest BCUT2D eigenvalue weighted by atomic mass is 9.98. The molecule has 1 atom stereocenters. The zero-order valence-electron chi connectivity index (χ0n) is 12.7. The molecule has 1 aliphatic carbocycles. The van der Waals surface area contributed by atoms with E-state index in [1.54, 1.807) is 25.1 Å². The van der Waals surface area contributed by atoms with Gasteiger partial charge in [-0.25, -0.2) is 4.79 Å². The molecule has 1 aromatic rings. The van der Waals surface area contributed by atoms with Gasteiger partial charge in [0.15, 0.2) is 13.2 Å². The largest absolute Gasteiger partial charge is 0.482 e. The number of carbonyl (C=O) groups excluding carboxylic acids is 2. The highest BCUT2D eigenvalue weighted by atomic mass is 79.9. The second-order valence-electron chi connectivity index (χ2n) is 5.54. The predicted molar refractivity (Wildman–Crippen MR) is 85.5 cm³/mol. The van der Waals surface area contributed by atoms with E-state index in [1.165, 1.54) is 0 Å². The molecule has 0 spiro atoms. The Bertz CT molecular complexity index is 639. The number of carbonyl (C=O) groups is 2. The van der Waals surface area contributed by atoms with E-state index in [4.69, 9.17) is 14.7 Å². The molecular formula is C16H17BrN2O4. The van der Waals surface area contributed by atoms with Gasteiger partial charge in [0.1, 0.15) is 11.3 Å². The number of nitrogens with zero attached hydrogens (tertiary/aromatic N) is 1. The van der Waals surface area contributed by atoms with Crippen molar-refractivity contribution < 1.29 is 19.1 Å². The van der Waals surface area contributed by atoms with Gasteiger partial charge in [0.05, 0.1) is 6.07 Å². The van der Waals surface area contributed by atoms with Gasteiger partial charge < -0.3 is 14.8 Å². The molecule has 1 fully saturated rings. The Morgan fingerprint density at radius 3 is 2.78 bits per heavy atom. The van der Waals surface area contributed by atoms with Crippen molar-refractivity contribution in [2.24, 2.45) is 5.92 Å². The summed E-state index contributed by atoms with van der Waals surface area (Å²) in [5, 5.41) is 11.8. The molecule has 0 heterocycles. The zero-order chi connectivity index (χ0) is 16.9. The van der Waals surface area contributed by atoms with Crippen LogP contribution in [0.25, 0.3) is 0 Å². The lowest BCUT2D eigenvalue weighted by Crippen LogP contribution is -2.48. The van der Waals surface area contributed by atoms with E-state index in [0.717, 1.165) is 17.3 Å². The Morgan fingerprint density at radius 2 is 2.17 bits per heavy atom. The fourth-order valence-electron chi connectivity index (χ4n) is 2.09. The van der Waals surface area contributed by atoms with Crippen LogP contribution in [0.4, 0.5) is 0 Å². The van der Waals surface area contributed by atoms with Crippen molar-refractivity contribution in [2.75, 3.05) is 13.2 Å². The van der Waals surface area contributed by atoms with Crippen molar-refractivity contribution in [3.63, 3.8) is 0 Å². The van der Waals surface area contributed by atoms with Crippen LogP contribution in [-0.4, -0.2) is 30.6 Å². The normalized spacial score (nSPS) is 15.9. The summed E-state index contributed by atoms with van der Waals surface area (Å²) in [4.78, 5) is 23.4. The lowest BCUT2D eigenvalue weighted by molar-refractivity contribution is -0.150. The summed E-state index contributed by atoms with van der Waals surface area (Å²) in [6.07, 6.45) is 1.84. The number of esters is 1. The first-order valence-electron chi connectivity index (χ1n) is 7.19. The average molecular weight is 381 g/mol. The van der Waals surface area contributed by atoms with Gasteiger partial charge in [-0.3, -0.25) is 4.79 Å². The van der Waals surface area contributed by atoms with E-state index in [2.05, 4.69) is 27.3 Å². The number of hydrogen-bond acceptors (Lipinski definition) is 5. The van der Waals surface area contributed by atoms with E-state index in [1.807, 2.05) is 6.07 Å². The molecule has 23 heavy (non-hydrogen) atoms. The summed E-state index contributed by atoms with van der Waals surface area (Å²) in [5.41, 5.74) is -0.893. The maximum Gasteiger partial charge on any atom is 0.344 e. The Balaban J connectivity index is 1.71. The molecule has 7 heteroatoms. The van der Waals surface area contributed by atoms with Crippen molar-refractivity contribution in [2.45, 2.75) is 25.3 Å². The number of nitrogens with one attached hydrogen (secondary N) is 1. The monoisotopic (exact) mass is 380 g/mol. The molecule has 1 saturated carbocycles. The summed E-state index contributed by atoms with van der Waals surface area (Å²) in [7, 11) is 0. The molecule has 1 N–H and O–H groups in total. The van der Waals surface area contributed by atoms with Gasteiger partial charge in [-0.2, -0.15) is 5.26 Å². The molecule has 6 nitrogen and oxygen atoms in total. The fourth-order valence-corrected chi connectivity index (χ4v) is 2.47. The number of ether oxygens (including phenoxy) is 2. The highest BCUT2D eigenvalue weighted by Crippen LogP contribution is 2.39. The van der Waals surface area contributed by atoms with Crippen molar-refractivity contribution in [3.8, 4) is 11.8 Å². The second kappa shape index (κ2) is 7.47. The van der Waals surface area contributed by atoms with Crippen LogP contribution in [-0.2, 0) is 14.3 Å². The Morgan fingerprint density at radius 1 is 1.43 bits per heavy atom. The molecule has 2 rings (SSSR count). The predicted octanol–water partition coefficient (Wildman–Crippen LogP) is 2.18. The molecule has 0 bridgehead atoms. The van der Waals surface area contributed by atoms with E-state index >= 15 is 0 Å². The molecular weight excluding hydrogens is 364 g/mol. The Hall–Kier alpha value is -2.07. The highest BCUT2D eigenvalue weighted by Gasteiger charge is 2.43. The third-order valence-corrected chi connectivity index (χ3v) is 4.04. The summed E-state index contributed by atoms with van der Waals surface area (Å²) in [6, 6.07) is 9.14. The van der Waals surface area contributed by atoms with Gasteiger partial charge in [-0.15, -0.1) is 0 Å². The first kappa shape index (κ1) is 17.3. The molecule has 122 valence electrons. The van der Waals surface area contributed by atoms with Crippen LogP contribution < -0.4 is 10.1 Å². The Labute approximate surface area is 142 Å². The summed E-state index contributed by atoms with van der Waals surface area (Å²) in [5.74, 6) is -0.444. The number of benzene rings is 1. The number of rotatable bonds is 7. The minimum atomic E-state index is -0.893. The second-order valence-corrected chi connectivity index (χ2v) is 6.46. The quantitative estimate of drug-likeness (QED) is 0.732. The molecule has 0 radical (unpaired) electrons. The average Bonchev–Trinajstić information content (AvgIpc) is 3.36. The smallest absolute Gasteiger partial charge is 0.344 e. The van der Waals surface area contributed by atoms with Crippen molar-refractivity contribution in [3.05, 3.63) is 28.7 Å². The van der Waals surface area contributed by atoms with Crippen molar-refractivity contribution in [1.29, 1.82) is 5.26 Å². The minimum absolute atomic E-state index is 0.173. The molecule has 1 aromatic carbocycles. The van der Waals surface area contributed by atoms with Gasteiger partial charge in [0.2, 0.25) is 0 Å². The third kappa shape index (κ3) is 5.25. The van der Waals surface area contributed by atoms with Crippen LogP contribution in [0, 0.1) is 17.2 Å². The van der Waals surface area contributed by atoms with Crippen LogP contribution in [0.5, 0.6) is 5.75 Å². The first-order valence-corrected chi connectivity index (χ1v) is 7.98. The van der Waals surface area contributed by atoms with Gasteiger partial charge in [-0.05, 0) is 43.9 Å². The highest BCUT2D eigenvalue weighted by molar-refractivity contribution is 9.10. The standard InChI is InChI=1S/C16H17BrN2O4/c1-16(10-18,11-5-6-11)19-14(20)8-23-15(21)9-22-13-4-2-3-12(17)7-13/h2-4,7,11H,5-6,8-9H2,1H3,(H,19,20)/t16-/m1/s1. The zero-order valence-corrected chi connectivity index (χ0v) is 14.3. The topological polar surface area (TPSA) is 88.4 Å². The van der Waals surface area contributed by atoms with Gasteiger partial charge >= 0.3 is 5.97 Å². The van der Waals surface area contributed by atoms with E-state index in [0.29, 0.717) is 5.75 Å². The van der Waals surface area contributed by atoms with Gasteiger partial charge in [0, 0.05) is 4.47 Å². The van der Waals surface area contributed by atoms with Crippen LogP contribution in [0.1, 0.15) is 19.8 Å². The van der Waals surface area contributed by atoms with Crippen LogP contribution in [0.15, 0.2) is 28.7 Å². The van der Waals surface area contributed by atoms with Gasteiger partial charge in [-0.1, -0.05) is 22.0 Å². The van der Waals surface area contributed by atoms with Crippen molar-refractivity contribution >= 4 is 27.8 Å². The maximum absolute atomic E-state index is 11.8. The minimum Gasteiger partial charge on any atom is -0.482 e. The molecule has 0 aromatic heterocycles. The Kier molecular flexibility index (Phi) is 5.61. The summed E-state index contributed by atoms with van der Waals surface area (Å²) < 4.78 is 10.9. The SMILES string of the molecule is C[C@](C#N)(NC(=O)COC(=O)COc1cccc(Br)c1)C1CC1. The number of nitriles is 1. The first-order chi connectivity index (χ1) is 10.9. The maximum atomic E-state index is 11.8. The molecule has 1 aliphatic rings. The van der Waals surface area contributed by atoms with Crippen LogP contribution in [0.2, 0.25) is 0 Å². The third-order valence-electron chi connectivity index (χ3n) is 3.54. The van der Waals surface area contributed by atoms with E-state index in [9.17, 15) is 9.59 Å². The number of amides is 1. The summed E-state index contributed by atoms with van der Waals surface area (Å²) in [6.45, 7) is 0.966. The van der Waals surface area contributed by atoms with E-state index < -0.39 is 24.0 Å². The number of hydrogen-bond donors (Lipinski definition) is 1. The van der Waals surface area contributed by atoms with E-state index in [-0.39, 0.29) is 12.5 Å². The molecule has 0 aliphatic heterocycles. The van der Waals surface area contributed by atoms with Crippen LogP contribution >= 0.6 is 15.9 Å². The molecule has 0 unspecified atom stereocenters. The van der Waals surface area contributed by atoms with Crippen LogP contribution in [0.3, 0.4) is 0 Å². The fraction of sp³-hybridized carbons (Fsp3) is 0.438. The van der Waals surface area contributed by atoms with Gasteiger partial charge in [0.25, 0.3) is 5.91 Å². The molecule has 1 amide bonds. The summed E-state index contributed by atoms with van der Waals surface area (Å²) >= 11 is 3.29. The molecule has 0 saturated heterocycles. The number of halogens is 1. The lowest BCUT2D eigenvalue weighted by Gasteiger charge is -2.22.